The third-order valence-electron chi connectivity index (χ3n) is 4.49. The number of aromatic nitrogens is 1. The molecule has 0 bridgehead atoms. The largest absolute Gasteiger partial charge is 0.395 e. The van der Waals surface area contributed by atoms with Crippen molar-refractivity contribution >= 4 is 16.6 Å². The fourth-order valence-corrected chi connectivity index (χ4v) is 3.36. The molecule has 1 unspecified atom stereocenters. The molecule has 0 spiro atoms. The maximum absolute atomic E-state index is 12.3. The van der Waals surface area contributed by atoms with Crippen molar-refractivity contribution in [1.29, 1.82) is 0 Å². The van der Waals surface area contributed by atoms with Gasteiger partial charge in [0.05, 0.1) is 12.6 Å². The van der Waals surface area contributed by atoms with Crippen molar-refractivity contribution in [3.8, 4) is 0 Å². The number of benzene rings is 1. The van der Waals surface area contributed by atoms with E-state index in [2.05, 4.69) is 28.6 Å². The van der Waals surface area contributed by atoms with Crippen molar-refractivity contribution in [3.63, 3.8) is 0 Å². The Kier molecular flexibility index (Phi) is 4.68. The number of H-pyrrole nitrogens is 1. The Morgan fingerprint density at radius 1 is 1.30 bits per heavy atom. The third kappa shape index (κ3) is 3.41. The van der Waals surface area contributed by atoms with E-state index in [1.165, 1.54) is 0 Å². The molecule has 0 amide bonds. The van der Waals surface area contributed by atoms with Gasteiger partial charge in [-0.15, -0.1) is 0 Å². The van der Waals surface area contributed by atoms with Crippen LogP contribution in [-0.2, 0) is 0 Å². The maximum atomic E-state index is 12.3. The molecule has 5 nitrogen and oxygen atoms in total. The summed E-state index contributed by atoms with van der Waals surface area (Å²) >= 11 is 0. The van der Waals surface area contributed by atoms with Gasteiger partial charge >= 0.3 is 0 Å². The summed E-state index contributed by atoms with van der Waals surface area (Å²) in [4.78, 5) is 19.8. The van der Waals surface area contributed by atoms with Gasteiger partial charge in [0.25, 0.3) is 5.56 Å². The van der Waals surface area contributed by atoms with Gasteiger partial charge in [0, 0.05) is 31.6 Å². The summed E-state index contributed by atoms with van der Waals surface area (Å²) < 4.78 is 0. The summed E-state index contributed by atoms with van der Waals surface area (Å²) in [6.07, 6.45) is 0. The van der Waals surface area contributed by atoms with Crippen LogP contribution < -0.4 is 10.5 Å². The molecule has 1 aliphatic heterocycles. The number of piperazine rings is 1. The lowest BCUT2D eigenvalue weighted by Gasteiger charge is -2.42. The molecule has 124 valence electrons. The fourth-order valence-electron chi connectivity index (χ4n) is 3.36. The summed E-state index contributed by atoms with van der Waals surface area (Å²) in [5, 5.41) is 11.4. The van der Waals surface area contributed by atoms with Crippen LogP contribution in [0.25, 0.3) is 10.8 Å². The summed E-state index contributed by atoms with van der Waals surface area (Å²) in [5.41, 5.74) is -0.0525. The van der Waals surface area contributed by atoms with E-state index in [1.807, 2.05) is 30.3 Å². The van der Waals surface area contributed by atoms with Crippen LogP contribution in [0.4, 0.5) is 5.82 Å². The molecule has 0 radical (unpaired) electrons. The van der Waals surface area contributed by atoms with E-state index in [4.69, 9.17) is 0 Å². The molecule has 1 saturated heterocycles. The van der Waals surface area contributed by atoms with Crippen molar-refractivity contribution in [3.05, 3.63) is 40.7 Å². The maximum Gasteiger partial charge on any atom is 0.257 e. The molecule has 3 rings (SSSR count). The molecular weight excluding hydrogens is 290 g/mol. The van der Waals surface area contributed by atoms with Crippen LogP contribution in [0.5, 0.6) is 0 Å². The number of hydrogen-bond acceptors (Lipinski definition) is 4. The number of aliphatic hydroxyl groups excluding tert-OH is 1. The lowest BCUT2D eigenvalue weighted by Crippen LogP contribution is -2.55. The van der Waals surface area contributed by atoms with E-state index in [1.54, 1.807) is 0 Å². The quantitative estimate of drug-likeness (QED) is 0.901. The van der Waals surface area contributed by atoms with E-state index >= 15 is 0 Å². The number of aromatic amines is 1. The van der Waals surface area contributed by atoms with E-state index in [-0.39, 0.29) is 18.2 Å². The van der Waals surface area contributed by atoms with Crippen LogP contribution in [0.3, 0.4) is 0 Å². The van der Waals surface area contributed by atoms with Crippen LogP contribution >= 0.6 is 0 Å². The van der Waals surface area contributed by atoms with Crippen molar-refractivity contribution in [1.82, 2.24) is 9.88 Å². The minimum Gasteiger partial charge on any atom is -0.395 e. The van der Waals surface area contributed by atoms with Crippen LogP contribution in [0.15, 0.2) is 35.1 Å². The monoisotopic (exact) mass is 315 g/mol. The number of rotatable bonds is 4. The van der Waals surface area contributed by atoms with Gasteiger partial charge in [0.15, 0.2) is 0 Å². The van der Waals surface area contributed by atoms with E-state index in [0.717, 1.165) is 37.4 Å². The average molecular weight is 315 g/mol. The molecule has 0 saturated carbocycles. The van der Waals surface area contributed by atoms with E-state index in [9.17, 15) is 9.90 Å². The Bertz CT molecular complexity index is 726. The van der Waals surface area contributed by atoms with Crippen molar-refractivity contribution in [2.45, 2.75) is 19.9 Å². The molecule has 5 heteroatoms. The molecule has 2 aromatic rings. The van der Waals surface area contributed by atoms with Crippen LogP contribution in [-0.4, -0.2) is 53.8 Å². The first-order chi connectivity index (χ1) is 11.1. The second-order valence-corrected chi connectivity index (χ2v) is 6.74. The molecule has 1 aromatic carbocycles. The molecule has 2 heterocycles. The summed E-state index contributed by atoms with van der Waals surface area (Å²) in [5.74, 6) is 1.42. The van der Waals surface area contributed by atoms with Crippen molar-refractivity contribution < 1.29 is 5.11 Å². The highest BCUT2D eigenvalue weighted by molar-refractivity contribution is 5.83. The average Bonchev–Trinajstić information content (AvgIpc) is 2.54. The molecule has 1 fully saturated rings. The van der Waals surface area contributed by atoms with Gasteiger partial charge < -0.3 is 15.0 Å². The second-order valence-electron chi connectivity index (χ2n) is 6.74. The Hall–Kier alpha value is -1.85. The van der Waals surface area contributed by atoms with Crippen molar-refractivity contribution in [2.75, 3.05) is 37.7 Å². The van der Waals surface area contributed by atoms with Gasteiger partial charge in [-0.2, -0.15) is 0 Å². The number of hydrogen-bond donors (Lipinski definition) is 2. The first kappa shape index (κ1) is 16.0. The zero-order valence-corrected chi connectivity index (χ0v) is 13.8. The standard InChI is InChI=1S/C18H25N3O2/c1-13(2)10-20-7-8-21(11-15(20)12-22)17-9-14-5-3-4-6-16(14)18(23)19-17/h3-6,9,13,15,22H,7-8,10-12H2,1-2H3,(H,19,23). The Balaban J connectivity index is 1.84. The van der Waals surface area contributed by atoms with Gasteiger partial charge in [-0.25, -0.2) is 0 Å². The van der Waals surface area contributed by atoms with Crippen LogP contribution in [0.2, 0.25) is 0 Å². The summed E-state index contributed by atoms with van der Waals surface area (Å²) in [7, 11) is 0. The van der Waals surface area contributed by atoms with Gasteiger partial charge in [0.1, 0.15) is 5.82 Å². The van der Waals surface area contributed by atoms with Gasteiger partial charge in [-0.1, -0.05) is 32.0 Å². The first-order valence-corrected chi connectivity index (χ1v) is 8.30. The minimum atomic E-state index is -0.0525. The summed E-state index contributed by atoms with van der Waals surface area (Å²) in [6.45, 7) is 8.02. The predicted octanol–water partition coefficient (Wildman–Crippen LogP) is 1.67. The smallest absolute Gasteiger partial charge is 0.257 e. The summed E-state index contributed by atoms with van der Waals surface area (Å²) in [6, 6.07) is 9.78. The van der Waals surface area contributed by atoms with E-state index in [0.29, 0.717) is 11.3 Å². The van der Waals surface area contributed by atoms with Gasteiger partial charge in [-0.3, -0.25) is 9.69 Å². The lowest BCUT2D eigenvalue weighted by molar-refractivity contribution is 0.100. The number of fused-ring (bicyclic) bond motifs is 1. The SMILES string of the molecule is CC(C)CN1CCN(c2cc3ccccc3c(=O)[nH]2)CC1CO. The highest BCUT2D eigenvalue weighted by atomic mass is 16.3. The van der Waals surface area contributed by atoms with E-state index < -0.39 is 0 Å². The van der Waals surface area contributed by atoms with Crippen LogP contribution in [0, 0.1) is 5.92 Å². The minimum absolute atomic E-state index is 0.0525. The fraction of sp³-hybridized carbons (Fsp3) is 0.500. The molecular formula is C18H25N3O2. The second kappa shape index (κ2) is 6.72. The Morgan fingerprint density at radius 2 is 2.09 bits per heavy atom. The number of pyridine rings is 1. The third-order valence-corrected chi connectivity index (χ3v) is 4.49. The topological polar surface area (TPSA) is 59.6 Å². The number of nitrogens with zero attached hydrogens (tertiary/aromatic N) is 2. The highest BCUT2D eigenvalue weighted by Crippen LogP contribution is 2.20. The zero-order valence-electron chi connectivity index (χ0n) is 13.8. The van der Waals surface area contributed by atoms with Gasteiger partial charge in [0.2, 0.25) is 0 Å². The predicted molar refractivity (Wildman–Crippen MR) is 94.1 cm³/mol. The number of nitrogens with one attached hydrogen (secondary N) is 1. The number of anilines is 1. The molecule has 1 aliphatic rings. The highest BCUT2D eigenvalue weighted by Gasteiger charge is 2.27. The molecule has 0 aliphatic carbocycles. The lowest BCUT2D eigenvalue weighted by atomic mass is 10.1. The zero-order chi connectivity index (χ0) is 16.4. The van der Waals surface area contributed by atoms with Crippen LogP contribution in [0.1, 0.15) is 13.8 Å². The molecule has 23 heavy (non-hydrogen) atoms. The molecule has 2 N–H and O–H groups in total. The van der Waals surface area contributed by atoms with Crippen molar-refractivity contribution in [2.24, 2.45) is 5.92 Å². The van der Waals surface area contributed by atoms with Gasteiger partial charge in [-0.05, 0) is 23.4 Å². The molecule has 1 atom stereocenters. The molecule has 1 aromatic heterocycles. The Labute approximate surface area is 136 Å². The normalized spacial score (nSPS) is 19.7. The number of aliphatic hydroxyl groups is 1. The Morgan fingerprint density at radius 3 is 2.83 bits per heavy atom. The first-order valence-electron chi connectivity index (χ1n) is 8.30.